The van der Waals surface area contributed by atoms with E-state index in [9.17, 15) is 0 Å². The van der Waals surface area contributed by atoms with Gasteiger partial charge in [-0.3, -0.25) is 0 Å². The van der Waals surface area contributed by atoms with Crippen molar-refractivity contribution in [2.45, 2.75) is 13.8 Å². The van der Waals surface area contributed by atoms with Gasteiger partial charge in [0.1, 0.15) is 5.75 Å². The molecule has 0 aliphatic carbocycles. The third kappa shape index (κ3) is 3.80. The first kappa shape index (κ1) is 11.9. The van der Waals surface area contributed by atoms with Gasteiger partial charge >= 0.3 is 0 Å². The summed E-state index contributed by atoms with van der Waals surface area (Å²) in [5.74, 6) is 0.866. The Morgan fingerprint density at radius 3 is 2.73 bits per heavy atom. The Morgan fingerprint density at radius 1 is 1.40 bits per heavy atom. The van der Waals surface area contributed by atoms with Crippen molar-refractivity contribution in [3.8, 4) is 5.75 Å². The number of benzene rings is 1. The number of rotatable bonds is 5. The summed E-state index contributed by atoms with van der Waals surface area (Å²) in [5.41, 5.74) is 6.84. The normalized spacial score (nSPS) is 11.2. The molecule has 0 aliphatic rings. The first-order valence-corrected chi connectivity index (χ1v) is 5.15. The highest BCUT2D eigenvalue weighted by Crippen LogP contribution is 2.19. The first-order chi connectivity index (χ1) is 7.07. The van der Waals surface area contributed by atoms with E-state index in [0.717, 1.165) is 18.0 Å². The molecule has 0 aliphatic heterocycles. The molecule has 0 aromatic heterocycles. The molecule has 0 saturated heterocycles. The maximum absolute atomic E-state index is 5.66. The molecule has 3 heteroatoms. The average molecular weight is 208 g/mol. The summed E-state index contributed by atoms with van der Waals surface area (Å²) in [4.78, 5) is 0. The Labute approximate surface area is 91.6 Å². The predicted octanol–water partition coefficient (Wildman–Crippen LogP) is 2.09. The number of ether oxygens (including phenoxy) is 1. The molecule has 0 spiro atoms. The molecule has 3 N–H and O–H groups in total. The monoisotopic (exact) mass is 208 g/mol. The van der Waals surface area contributed by atoms with Gasteiger partial charge in [-0.2, -0.15) is 0 Å². The summed E-state index contributed by atoms with van der Waals surface area (Å²) in [7, 11) is 1.67. The molecule has 0 unspecified atom stereocenters. The average Bonchev–Trinajstić information content (AvgIpc) is 2.27. The number of nitrogens with two attached hydrogens (primary N) is 1. The van der Waals surface area contributed by atoms with Crippen LogP contribution in [0, 0.1) is 5.41 Å². The zero-order chi connectivity index (χ0) is 11.3. The van der Waals surface area contributed by atoms with Gasteiger partial charge < -0.3 is 15.8 Å². The molecular formula is C12H20N2O. The van der Waals surface area contributed by atoms with Crippen molar-refractivity contribution in [2.24, 2.45) is 11.1 Å². The van der Waals surface area contributed by atoms with Gasteiger partial charge in [0, 0.05) is 18.3 Å². The molecule has 1 aromatic rings. The molecule has 3 nitrogen and oxygen atoms in total. The van der Waals surface area contributed by atoms with E-state index in [1.165, 1.54) is 0 Å². The van der Waals surface area contributed by atoms with Crippen LogP contribution in [0.2, 0.25) is 0 Å². The Bertz CT molecular complexity index is 310. The second-order valence-electron chi connectivity index (χ2n) is 4.45. The number of hydrogen-bond acceptors (Lipinski definition) is 3. The topological polar surface area (TPSA) is 47.3 Å². The van der Waals surface area contributed by atoms with Gasteiger partial charge in [0.05, 0.1) is 7.11 Å². The minimum Gasteiger partial charge on any atom is -0.497 e. The van der Waals surface area contributed by atoms with Crippen LogP contribution in [0.5, 0.6) is 5.75 Å². The Balaban J connectivity index is 2.57. The van der Waals surface area contributed by atoms with Gasteiger partial charge in [-0.25, -0.2) is 0 Å². The lowest BCUT2D eigenvalue weighted by Gasteiger charge is -2.23. The minimum atomic E-state index is 0.114. The molecule has 0 amide bonds. The maximum Gasteiger partial charge on any atom is 0.120 e. The quantitative estimate of drug-likeness (QED) is 0.779. The van der Waals surface area contributed by atoms with Crippen molar-refractivity contribution in [3.05, 3.63) is 24.3 Å². The van der Waals surface area contributed by atoms with Crippen LogP contribution in [0.3, 0.4) is 0 Å². The maximum atomic E-state index is 5.66. The fourth-order valence-corrected chi connectivity index (χ4v) is 1.15. The summed E-state index contributed by atoms with van der Waals surface area (Å²) in [5, 5.41) is 3.35. The highest BCUT2D eigenvalue weighted by atomic mass is 16.5. The van der Waals surface area contributed by atoms with Gasteiger partial charge in [-0.1, -0.05) is 19.9 Å². The molecule has 0 atom stereocenters. The van der Waals surface area contributed by atoms with Gasteiger partial charge in [0.25, 0.3) is 0 Å². The standard InChI is InChI=1S/C12H20N2O/c1-12(2,8-13)9-14-10-5-4-6-11(7-10)15-3/h4-7,14H,8-9,13H2,1-3H3. The smallest absolute Gasteiger partial charge is 0.120 e. The number of anilines is 1. The van der Waals surface area contributed by atoms with E-state index in [1.807, 2.05) is 24.3 Å². The molecule has 0 fully saturated rings. The minimum absolute atomic E-state index is 0.114. The third-order valence-corrected chi connectivity index (χ3v) is 2.39. The van der Waals surface area contributed by atoms with Crippen molar-refractivity contribution >= 4 is 5.69 Å². The second kappa shape index (κ2) is 5.03. The SMILES string of the molecule is COc1cccc(NCC(C)(C)CN)c1. The van der Waals surface area contributed by atoms with E-state index in [1.54, 1.807) is 7.11 Å². The van der Waals surface area contributed by atoms with Gasteiger partial charge in [0.15, 0.2) is 0 Å². The summed E-state index contributed by atoms with van der Waals surface area (Å²) in [6.45, 7) is 5.81. The van der Waals surface area contributed by atoms with Crippen molar-refractivity contribution in [3.63, 3.8) is 0 Å². The fourth-order valence-electron chi connectivity index (χ4n) is 1.15. The Hall–Kier alpha value is -1.22. The van der Waals surface area contributed by atoms with Gasteiger partial charge in [-0.05, 0) is 24.1 Å². The second-order valence-corrected chi connectivity index (χ2v) is 4.45. The molecule has 0 bridgehead atoms. The third-order valence-electron chi connectivity index (χ3n) is 2.39. The van der Waals surface area contributed by atoms with E-state index in [4.69, 9.17) is 10.5 Å². The molecule has 84 valence electrons. The highest BCUT2D eigenvalue weighted by molar-refractivity contribution is 5.48. The van der Waals surface area contributed by atoms with Crippen LogP contribution in [0.4, 0.5) is 5.69 Å². The van der Waals surface area contributed by atoms with E-state index < -0.39 is 0 Å². The van der Waals surface area contributed by atoms with Crippen LogP contribution >= 0.6 is 0 Å². The van der Waals surface area contributed by atoms with Crippen molar-refractivity contribution in [2.75, 3.05) is 25.5 Å². The first-order valence-electron chi connectivity index (χ1n) is 5.15. The van der Waals surface area contributed by atoms with E-state index in [0.29, 0.717) is 6.54 Å². The Kier molecular flexibility index (Phi) is 3.97. The van der Waals surface area contributed by atoms with Crippen LogP contribution in [-0.4, -0.2) is 20.2 Å². The van der Waals surface area contributed by atoms with Crippen molar-refractivity contribution in [1.29, 1.82) is 0 Å². The molecule has 15 heavy (non-hydrogen) atoms. The zero-order valence-electron chi connectivity index (χ0n) is 9.71. The van der Waals surface area contributed by atoms with Crippen molar-refractivity contribution < 1.29 is 4.74 Å². The lowest BCUT2D eigenvalue weighted by molar-refractivity contribution is 0.404. The molecule has 0 saturated carbocycles. The largest absolute Gasteiger partial charge is 0.497 e. The van der Waals surface area contributed by atoms with Crippen LogP contribution in [0.25, 0.3) is 0 Å². The fraction of sp³-hybridized carbons (Fsp3) is 0.500. The number of nitrogens with one attached hydrogen (secondary N) is 1. The van der Waals surface area contributed by atoms with E-state index in [-0.39, 0.29) is 5.41 Å². The van der Waals surface area contributed by atoms with Crippen LogP contribution in [0.15, 0.2) is 24.3 Å². The summed E-state index contributed by atoms with van der Waals surface area (Å²) in [6.07, 6.45) is 0. The predicted molar refractivity (Wildman–Crippen MR) is 64.3 cm³/mol. The summed E-state index contributed by atoms with van der Waals surface area (Å²) >= 11 is 0. The van der Waals surface area contributed by atoms with Crippen LogP contribution < -0.4 is 15.8 Å². The summed E-state index contributed by atoms with van der Waals surface area (Å²) in [6, 6.07) is 7.90. The van der Waals surface area contributed by atoms with E-state index in [2.05, 4.69) is 19.2 Å². The molecule has 1 aromatic carbocycles. The van der Waals surface area contributed by atoms with Crippen LogP contribution in [-0.2, 0) is 0 Å². The lowest BCUT2D eigenvalue weighted by Crippen LogP contribution is -2.31. The molecule has 1 rings (SSSR count). The highest BCUT2D eigenvalue weighted by Gasteiger charge is 2.14. The van der Waals surface area contributed by atoms with Crippen molar-refractivity contribution in [1.82, 2.24) is 0 Å². The number of methoxy groups -OCH3 is 1. The Morgan fingerprint density at radius 2 is 2.13 bits per heavy atom. The number of hydrogen-bond donors (Lipinski definition) is 2. The molecule has 0 heterocycles. The van der Waals surface area contributed by atoms with Gasteiger partial charge in [-0.15, -0.1) is 0 Å². The molecule has 0 radical (unpaired) electrons. The van der Waals surface area contributed by atoms with Gasteiger partial charge in [0.2, 0.25) is 0 Å². The lowest BCUT2D eigenvalue weighted by atomic mass is 9.94. The van der Waals surface area contributed by atoms with Crippen LogP contribution in [0.1, 0.15) is 13.8 Å². The van der Waals surface area contributed by atoms with E-state index >= 15 is 0 Å². The zero-order valence-corrected chi connectivity index (χ0v) is 9.71. The molecular weight excluding hydrogens is 188 g/mol. The summed E-state index contributed by atoms with van der Waals surface area (Å²) < 4.78 is 5.15.